The van der Waals surface area contributed by atoms with Crippen LogP contribution in [0.15, 0.2) is 100 Å². The number of aromatic hydroxyl groups is 4. The molecule has 0 unspecified atom stereocenters. The predicted octanol–water partition coefficient (Wildman–Crippen LogP) is 3.39. The molecule has 9 atom stereocenters. The largest absolute Gasteiger partial charge is 0.508 e. The van der Waals surface area contributed by atoms with Crippen molar-refractivity contribution in [3.05, 3.63) is 112 Å². The maximum absolute atomic E-state index is 13.9. The summed E-state index contributed by atoms with van der Waals surface area (Å²) in [5, 5.41) is 62.5. The van der Waals surface area contributed by atoms with Crippen LogP contribution < -0.4 is 10.2 Å². The highest BCUT2D eigenvalue weighted by molar-refractivity contribution is 5.88. The van der Waals surface area contributed by atoms with E-state index in [1.165, 1.54) is 60.7 Å². The molecule has 1 saturated carbocycles. The highest BCUT2D eigenvalue weighted by Gasteiger charge is 2.62. The molecule has 3 fully saturated rings. The summed E-state index contributed by atoms with van der Waals surface area (Å²) >= 11 is 0. The lowest BCUT2D eigenvalue weighted by atomic mass is 9.52. The van der Waals surface area contributed by atoms with Gasteiger partial charge in [-0.1, -0.05) is 24.3 Å². The number of hydrogen-bond acceptors (Lipinski definition) is 14. The van der Waals surface area contributed by atoms with Crippen molar-refractivity contribution in [3.8, 4) is 40.1 Å². The molecule has 1 aromatic heterocycles. The summed E-state index contributed by atoms with van der Waals surface area (Å²) in [6.07, 6.45) is -8.04. The van der Waals surface area contributed by atoms with Crippen LogP contribution in [0.4, 0.5) is 0 Å². The molecule has 3 aliphatic rings. The molecule has 0 radical (unpaired) electrons. The van der Waals surface area contributed by atoms with Gasteiger partial charge < -0.3 is 54.0 Å². The van der Waals surface area contributed by atoms with E-state index in [0.29, 0.717) is 16.7 Å². The van der Waals surface area contributed by atoms with Gasteiger partial charge in [-0.2, -0.15) is 0 Å². The van der Waals surface area contributed by atoms with Gasteiger partial charge in [0.1, 0.15) is 70.4 Å². The predicted molar refractivity (Wildman–Crippen MR) is 182 cm³/mol. The minimum atomic E-state index is -1.82. The number of hydrogen-bond donors (Lipinski definition) is 6. The highest BCUT2D eigenvalue weighted by atomic mass is 16.7. The third-order valence-electron chi connectivity index (χ3n) is 10.1. The second-order valence-electron chi connectivity index (χ2n) is 13.3. The molecule has 2 saturated heterocycles. The summed E-state index contributed by atoms with van der Waals surface area (Å²) in [4.78, 5) is 40.6. The Hall–Kier alpha value is -6.09. The van der Waals surface area contributed by atoms with Crippen LogP contribution in [0.3, 0.4) is 0 Å². The topological polar surface area (TPSA) is 223 Å². The average Bonchev–Trinajstić information content (AvgIpc) is 3.15. The molecule has 2 aliphatic heterocycles. The van der Waals surface area contributed by atoms with Gasteiger partial charge in [-0.3, -0.25) is 14.4 Å². The molecule has 53 heavy (non-hydrogen) atoms. The van der Waals surface area contributed by atoms with Crippen molar-refractivity contribution in [1.29, 1.82) is 0 Å². The summed E-state index contributed by atoms with van der Waals surface area (Å²) < 4.78 is 29.2. The van der Waals surface area contributed by atoms with Crippen LogP contribution in [0.1, 0.15) is 23.0 Å². The molecule has 14 nitrogen and oxygen atoms in total. The third kappa shape index (κ3) is 6.05. The molecule has 0 bridgehead atoms. The Morgan fingerprint density at radius 2 is 1.21 bits per heavy atom. The Kier molecular flexibility index (Phi) is 8.44. The molecule has 8 rings (SSSR count). The van der Waals surface area contributed by atoms with Crippen LogP contribution >= 0.6 is 0 Å². The molecule has 1 aliphatic carbocycles. The lowest BCUT2D eigenvalue weighted by Crippen LogP contribution is -2.61. The van der Waals surface area contributed by atoms with Gasteiger partial charge >= 0.3 is 11.9 Å². The zero-order valence-corrected chi connectivity index (χ0v) is 27.5. The van der Waals surface area contributed by atoms with Crippen LogP contribution in [-0.2, 0) is 23.8 Å². The van der Waals surface area contributed by atoms with Gasteiger partial charge in [-0.25, -0.2) is 0 Å². The molecular weight excluding hydrogens is 692 g/mol. The first-order chi connectivity index (χ1) is 25.5. The van der Waals surface area contributed by atoms with Crippen molar-refractivity contribution in [2.45, 2.75) is 42.5 Å². The number of benzene rings is 4. The molecule has 5 aromatic rings. The number of ether oxygens (including phenoxy) is 4. The Labute approximate surface area is 299 Å². The fourth-order valence-corrected chi connectivity index (χ4v) is 7.53. The first-order valence-corrected chi connectivity index (χ1v) is 16.7. The van der Waals surface area contributed by atoms with Gasteiger partial charge in [0, 0.05) is 35.6 Å². The number of esters is 2. The Balaban J connectivity index is 1.08. The van der Waals surface area contributed by atoms with E-state index in [1.807, 2.05) is 0 Å². The summed E-state index contributed by atoms with van der Waals surface area (Å²) in [5.41, 5.74) is 1.10. The normalized spacial score (nSPS) is 28.2. The summed E-state index contributed by atoms with van der Waals surface area (Å²) in [6, 6.07) is 21.9. The van der Waals surface area contributed by atoms with E-state index in [9.17, 15) is 45.0 Å². The van der Waals surface area contributed by atoms with Crippen molar-refractivity contribution in [1.82, 2.24) is 0 Å². The number of carbonyl (C=O) groups excluding carboxylic acids is 2. The van der Waals surface area contributed by atoms with Gasteiger partial charge in [0.15, 0.2) is 11.5 Å². The monoisotopic (exact) mass is 724 g/mol. The van der Waals surface area contributed by atoms with E-state index in [1.54, 1.807) is 24.3 Å². The molecule has 0 amide bonds. The number of cyclic esters (lactones) is 1. The van der Waals surface area contributed by atoms with Gasteiger partial charge in [0.25, 0.3) is 0 Å². The second-order valence-corrected chi connectivity index (χ2v) is 13.3. The van der Waals surface area contributed by atoms with Crippen LogP contribution in [0.2, 0.25) is 0 Å². The molecular formula is C39H32O14. The summed E-state index contributed by atoms with van der Waals surface area (Å²) in [5.74, 6) is -5.37. The van der Waals surface area contributed by atoms with E-state index in [2.05, 4.69) is 0 Å². The smallest absolute Gasteiger partial charge is 0.310 e. The van der Waals surface area contributed by atoms with Crippen LogP contribution in [0.25, 0.3) is 22.3 Å². The molecule has 0 spiro atoms. The molecule has 14 heteroatoms. The number of rotatable bonds is 5. The van der Waals surface area contributed by atoms with Gasteiger partial charge in [0.2, 0.25) is 6.29 Å². The van der Waals surface area contributed by atoms with E-state index in [4.69, 9.17) is 23.4 Å². The van der Waals surface area contributed by atoms with Crippen molar-refractivity contribution in [2.75, 3.05) is 6.61 Å². The van der Waals surface area contributed by atoms with Crippen molar-refractivity contribution >= 4 is 22.9 Å². The first-order valence-electron chi connectivity index (χ1n) is 16.7. The van der Waals surface area contributed by atoms with Crippen LogP contribution in [0, 0.1) is 11.8 Å². The van der Waals surface area contributed by atoms with Gasteiger partial charge in [-0.05, 0) is 59.7 Å². The number of carbonyl (C=O) groups is 2. The number of aliphatic hydroxyl groups excluding tert-OH is 2. The SMILES string of the molecule is O=C1O[C@H]2[C@H](O)[C@@H](O)[C@H](Oc3cc(O)c4c(=O)cc(-c5ccc(O)cc5)oc4c3)O[C@@H]2COC(=O)[C@H]2[C@@H]1[C@H](c1ccc(O)cc1)[C@@H]2c1ccc(O)cc1. The third-order valence-corrected chi connectivity index (χ3v) is 10.1. The Morgan fingerprint density at radius 1 is 0.642 bits per heavy atom. The maximum Gasteiger partial charge on any atom is 0.310 e. The highest BCUT2D eigenvalue weighted by Crippen LogP contribution is 2.59. The van der Waals surface area contributed by atoms with Gasteiger partial charge in [0.05, 0.1) is 11.8 Å². The van der Waals surface area contributed by atoms with E-state index < -0.39 is 84.1 Å². The first kappa shape index (κ1) is 34.0. The van der Waals surface area contributed by atoms with Gasteiger partial charge in [-0.15, -0.1) is 0 Å². The van der Waals surface area contributed by atoms with E-state index >= 15 is 0 Å². The minimum absolute atomic E-state index is 0.000576. The molecule has 4 aromatic carbocycles. The minimum Gasteiger partial charge on any atom is -0.508 e. The zero-order valence-electron chi connectivity index (χ0n) is 27.5. The van der Waals surface area contributed by atoms with Crippen molar-refractivity contribution in [2.24, 2.45) is 11.8 Å². The number of phenolic OH excluding ortho intramolecular Hbond substituents is 4. The average molecular weight is 725 g/mol. The van der Waals surface area contributed by atoms with E-state index in [-0.39, 0.29) is 39.7 Å². The lowest BCUT2D eigenvalue weighted by Gasteiger charge is -2.49. The number of aliphatic hydroxyl groups is 2. The lowest BCUT2D eigenvalue weighted by molar-refractivity contribution is -0.282. The quantitative estimate of drug-likeness (QED) is 0.143. The van der Waals surface area contributed by atoms with Crippen LogP contribution in [-0.4, -0.2) is 79.9 Å². The zero-order chi connectivity index (χ0) is 37.1. The Bertz CT molecular complexity index is 2250. The van der Waals surface area contributed by atoms with Crippen LogP contribution in [0.5, 0.6) is 28.7 Å². The van der Waals surface area contributed by atoms with Crippen molar-refractivity contribution < 1.29 is 63.6 Å². The molecule has 272 valence electrons. The Morgan fingerprint density at radius 3 is 1.81 bits per heavy atom. The number of fused-ring (bicyclic) bond motifs is 3. The fourth-order valence-electron chi connectivity index (χ4n) is 7.53. The van der Waals surface area contributed by atoms with E-state index in [0.717, 1.165) is 6.07 Å². The number of phenols is 4. The standard InChI is InChI=1S/C39H32O14/c40-20-7-1-17(2-8-20)26-15-25(44)31-24(43)13-23(14-27(31)51-26)50-39-35(46)34(45)36-28(52-39)16-49-37(47)32-29(18-3-9-21(41)10-4-18)30(33(32)38(48)53-36)19-5-11-22(42)12-6-19/h1-15,28-30,32-36,39-43,45-46H,16H2/t28-,29+,30-,32-,33+,34-,35-,36-,39-/m1/s1. The molecule has 3 heterocycles. The fraction of sp³-hybridized carbons (Fsp3) is 0.256. The summed E-state index contributed by atoms with van der Waals surface area (Å²) in [7, 11) is 0. The molecule has 6 N–H and O–H groups in total. The second kappa shape index (κ2) is 13.2. The summed E-state index contributed by atoms with van der Waals surface area (Å²) in [6.45, 7) is -0.496. The maximum atomic E-state index is 13.9. The van der Waals surface area contributed by atoms with Crippen molar-refractivity contribution in [3.63, 3.8) is 0 Å².